The van der Waals surface area contributed by atoms with Crippen LogP contribution in [0.1, 0.15) is 79.6 Å². The molecule has 0 radical (unpaired) electrons. The second kappa shape index (κ2) is 7.68. The van der Waals surface area contributed by atoms with Crippen molar-refractivity contribution in [2.45, 2.75) is 79.6 Å². The van der Waals surface area contributed by atoms with Gasteiger partial charge in [-0.15, -0.1) is 0 Å². The van der Waals surface area contributed by atoms with E-state index < -0.39 is 0 Å². The number of aryl methyl sites for hydroxylation is 4. The fourth-order valence-corrected chi connectivity index (χ4v) is 9.61. The van der Waals surface area contributed by atoms with Crippen molar-refractivity contribution in [1.82, 2.24) is 4.98 Å². The van der Waals surface area contributed by atoms with Crippen LogP contribution in [0.5, 0.6) is 0 Å². The number of nitrogens with zero attached hydrogens (tertiary/aromatic N) is 2. The summed E-state index contributed by atoms with van der Waals surface area (Å²) in [7, 11) is 0. The smallest absolute Gasteiger partial charge is 0.187 e. The zero-order valence-corrected chi connectivity index (χ0v) is 22.1. The molecule has 6 rings (SSSR count). The Kier molecular flexibility index (Phi) is 5.04. The Morgan fingerprint density at radius 1 is 1.03 bits per heavy atom. The van der Waals surface area contributed by atoms with Crippen LogP contribution in [0.4, 0.5) is 10.8 Å². The van der Waals surface area contributed by atoms with E-state index in [-0.39, 0.29) is 10.8 Å². The lowest BCUT2D eigenvalue weighted by Crippen LogP contribution is -2.49. The molecule has 5 atom stereocenters. The summed E-state index contributed by atoms with van der Waals surface area (Å²) in [5.41, 5.74) is 9.76. The third-order valence-corrected chi connectivity index (χ3v) is 11.1. The fraction of sp³-hybridized carbons (Fsp3) is 0.586. The number of hydrazone groups is 1. The second-order valence-corrected chi connectivity index (χ2v) is 12.9. The Labute approximate surface area is 208 Å². The lowest BCUT2D eigenvalue weighted by atomic mass is 9.48. The number of nitrogens with two attached hydrogens (primary N) is 1. The molecular formula is C29H38N4S. The van der Waals surface area contributed by atoms with Crippen LogP contribution in [-0.2, 0) is 6.42 Å². The highest BCUT2D eigenvalue weighted by molar-refractivity contribution is 7.16. The molecule has 0 amide bonds. The average Bonchev–Trinajstić information content (AvgIpc) is 3.35. The summed E-state index contributed by atoms with van der Waals surface area (Å²) >= 11 is 1.87. The molecule has 4 nitrogen and oxygen atoms in total. The van der Waals surface area contributed by atoms with Gasteiger partial charge < -0.3 is 11.2 Å². The van der Waals surface area contributed by atoms with Crippen LogP contribution in [0.25, 0.3) is 5.57 Å². The van der Waals surface area contributed by atoms with Crippen molar-refractivity contribution in [3.63, 3.8) is 0 Å². The van der Waals surface area contributed by atoms with Gasteiger partial charge in [0.1, 0.15) is 0 Å². The Hall–Kier alpha value is -2.14. The lowest BCUT2D eigenvalue weighted by molar-refractivity contribution is 0.0117. The van der Waals surface area contributed by atoms with E-state index >= 15 is 0 Å². The number of fused-ring (bicyclic) bond motifs is 7. The molecule has 2 fully saturated rings. The number of rotatable bonds is 2. The van der Waals surface area contributed by atoms with E-state index in [1.807, 2.05) is 11.3 Å². The molecule has 5 heteroatoms. The summed E-state index contributed by atoms with van der Waals surface area (Å²) in [5.74, 6) is 8.08. The van der Waals surface area contributed by atoms with Crippen molar-refractivity contribution in [1.29, 1.82) is 0 Å². The molecule has 0 spiro atoms. The molecule has 0 unspecified atom stereocenters. The summed E-state index contributed by atoms with van der Waals surface area (Å²) in [5, 5.41) is 8.99. The Balaban J connectivity index is 1.33. The van der Waals surface area contributed by atoms with E-state index in [0.717, 1.165) is 35.7 Å². The van der Waals surface area contributed by atoms with Crippen molar-refractivity contribution < 1.29 is 0 Å². The Bertz CT molecular complexity index is 1200. The predicted octanol–water partition coefficient (Wildman–Crippen LogP) is 7.31. The first-order chi connectivity index (χ1) is 16.2. The average molecular weight is 475 g/mol. The zero-order chi connectivity index (χ0) is 23.8. The van der Waals surface area contributed by atoms with Gasteiger partial charge in [-0.3, -0.25) is 0 Å². The summed E-state index contributed by atoms with van der Waals surface area (Å²) in [6.07, 6.45) is 11.0. The maximum absolute atomic E-state index is 5.83. The van der Waals surface area contributed by atoms with Crippen LogP contribution in [0.15, 0.2) is 23.3 Å². The molecule has 0 saturated heterocycles. The van der Waals surface area contributed by atoms with Crippen molar-refractivity contribution >= 4 is 33.4 Å². The zero-order valence-electron chi connectivity index (χ0n) is 21.3. The van der Waals surface area contributed by atoms with Gasteiger partial charge in [0.15, 0.2) is 5.13 Å². The molecule has 2 aromatic rings. The molecule has 0 aliphatic heterocycles. The minimum Gasteiger partial charge on any atom is -0.331 e. The second-order valence-electron chi connectivity index (χ2n) is 11.9. The van der Waals surface area contributed by atoms with Crippen molar-refractivity contribution in [2.75, 3.05) is 5.32 Å². The van der Waals surface area contributed by atoms with Crippen molar-refractivity contribution in [2.24, 2.45) is 39.5 Å². The first kappa shape index (κ1) is 22.3. The summed E-state index contributed by atoms with van der Waals surface area (Å²) < 4.78 is 0. The number of thiazole rings is 1. The number of anilines is 2. The van der Waals surface area contributed by atoms with Gasteiger partial charge in [-0.2, -0.15) is 5.10 Å². The van der Waals surface area contributed by atoms with Gasteiger partial charge in [0.25, 0.3) is 0 Å². The largest absolute Gasteiger partial charge is 0.331 e. The third kappa shape index (κ3) is 3.08. The van der Waals surface area contributed by atoms with Gasteiger partial charge in [-0.25, -0.2) is 4.98 Å². The monoisotopic (exact) mass is 474 g/mol. The number of allylic oxidation sites excluding steroid dienone is 2. The molecule has 0 bridgehead atoms. The number of hydrogen-bond acceptors (Lipinski definition) is 5. The van der Waals surface area contributed by atoms with Crippen LogP contribution >= 0.6 is 11.3 Å². The highest BCUT2D eigenvalue weighted by atomic mass is 32.1. The maximum Gasteiger partial charge on any atom is 0.187 e. The van der Waals surface area contributed by atoms with Crippen molar-refractivity contribution in [3.8, 4) is 0 Å². The third-order valence-electron chi connectivity index (χ3n) is 10.1. The summed E-state index contributed by atoms with van der Waals surface area (Å²) in [4.78, 5) is 6.54. The maximum atomic E-state index is 5.83. The van der Waals surface area contributed by atoms with E-state index in [1.165, 1.54) is 70.8 Å². The van der Waals surface area contributed by atoms with Gasteiger partial charge in [0.2, 0.25) is 0 Å². The molecule has 1 aromatic heterocycles. The van der Waals surface area contributed by atoms with Crippen LogP contribution in [0, 0.1) is 49.4 Å². The van der Waals surface area contributed by atoms with Crippen LogP contribution < -0.4 is 11.2 Å². The molecule has 3 N–H and O–H groups in total. The minimum absolute atomic E-state index is 0.225. The topological polar surface area (TPSA) is 63.3 Å². The Morgan fingerprint density at radius 3 is 2.50 bits per heavy atom. The summed E-state index contributed by atoms with van der Waals surface area (Å²) in [6, 6.07) is 4.51. The van der Waals surface area contributed by atoms with E-state index in [4.69, 9.17) is 10.8 Å². The van der Waals surface area contributed by atoms with Gasteiger partial charge in [0, 0.05) is 16.8 Å². The van der Waals surface area contributed by atoms with Gasteiger partial charge in [0.05, 0.1) is 10.6 Å². The first-order valence-corrected chi connectivity index (χ1v) is 13.9. The fourth-order valence-electron chi connectivity index (χ4n) is 8.41. The molecule has 2 saturated carbocycles. The standard InChI is InChI=1S/C29H38N4S/c1-16-14-17(2)25(18(3)15-16)32-27-31-23-11-13-28(4)21-10-12-29(5)20(8-9-24(29)33-30)19(21)6-7-22(28)26(23)34-27/h7,14-15,19-21H,6,8-13,30H2,1-5H3,(H,31,32)/b33-24+/t19-,20-,21-,28+,29-/m0/s1. The SMILES string of the molecule is Cc1cc(C)c(Nc2nc3c(s2)C2=CC[C@@H]4[C@H](CC[C@]5(C)/C(=N/N)CC[C@@H]45)[C@@]2(C)CC3)c(C)c1. The molecule has 1 aromatic carbocycles. The first-order valence-electron chi connectivity index (χ1n) is 13.1. The lowest BCUT2D eigenvalue weighted by Gasteiger charge is -2.56. The molecule has 4 aliphatic rings. The van der Waals surface area contributed by atoms with E-state index in [2.05, 4.69) is 63.2 Å². The highest BCUT2D eigenvalue weighted by Gasteiger charge is 2.58. The molecule has 4 aliphatic carbocycles. The summed E-state index contributed by atoms with van der Waals surface area (Å²) in [6.45, 7) is 11.6. The molecule has 1 heterocycles. The van der Waals surface area contributed by atoms with Crippen molar-refractivity contribution in [3.05, 3.63) is 45.5 Å². The minimum atomic E-state index is 0.225. The van der Waals surface area contributed by atoms with Crippen LogP contribution in [-0.4, -0.2) is 10.7 Å². The number of nitrogens with one attached hydrogen (secondary N) is 1. The normalized spacial score (nSPS) is 35.3. The van der Waals surface area contributed by atoms with Gasteiger partial charge in [-0.05, 0) is 106 Å². The van der Waals surface area contributed by atoms with Gasteiger partial charge >= 0.3 is 0 Å². The molecular weight excluding hydrogens is 436 g/mol. The molecule has 34 heavy (non-hydrogen) atoms. The number of hydrogen-bond donors (Lipinski definition) is 2. The Morgan fingerprint density at radius 2 is 1.76 bits per heavy atom. The predicted molar refractivity (Wildman–Crippen MR) is 144 cm³/mol. The van der Waals surface area contributed by atoms with E-state index in [9.17, 15) is 0 Å². The van der Waals surface area contributed by atoms with Crippen LogP contribution in [0.2, 0.25) is 0 Å². The molecule has 180 valence electrons. The highest BCUT2D eigenvalue weighted by Crippen LogP contribution is 2.65. The number of benzene rings is 1. The van der Waals surface area contributed by atoms with Crippen LogP contribution in [0.3, 0.4) is 0 Å². The van der Waals surface area contributed by atoms with Gasteiger partial charge in [-0.1, -0.05) is 49.0 Å². The number of aromatic nitrogens is 1. The quantitative estimate of drug-likeness (QED) is 0.354. The van der Waals surface area contributed by atoms with E-state index in [1.54, 1.807) is 5.57 Å². The van der Waals surface area contributed by atoms with E-state index in [0.29, 0.717) is 0 Å².